The second-order valence-corrected chi connectivity index (χ2v) is 7.91. The van der Waals surface area contributed by atoms with Crippen molar-refractivity contribution in [1.29, 1.82) is 0 Å². The Morgan fingerprint density at radius 2 is 2.50 bits per heavy atom. The van der Waals surface area contributed by atoms with Gasteiger partial charge in [0.2, 0.25) is 13.5 Å². The number of aromatic amines is 1. The van der Waals surface area contributed by atoms with E-state index < -0.39 is 7.58 Å². The highest BCUT2D eigenvalue weighted by molar-refractivity contribution is 8.52. The molecule has 3 heterocycles. The maximum Gasteiger partial charge on any atom is 0.280 e. The summed E-state index contributed by atoms with van der Waals surface area (Å²) in [6, 6.07) is 0. The summed E-state index contributed by atoms with van der Waals surface area (Å²) >= 11 is 1.28. The smallest absolute Gasteiger partial charge is 0.280 e. The fourth-order valence-corrected chi connectivity index (χ4v) is 3.27. The average Bonchev–Trinajstić information content (AvgIpc) is 3.10. The predicted molar refractivity (Wildman–Crippen MR) is 84.3 cm³/mol. The molecule has 0 aliphatic carbocycles. The van der Waals surface area contributed by atoms with E-state index in [4.69, 9.17) is 15.0 Å². The van der Waals surface area contributed by atoms with Crippen LogP contribution in [-0.2, 0) is 9.26 Å². The van der Waals surface area contributed by atoms with Crippen LogP contribution >= 0.6 is 19.0 Å². The second-order valence-electron chi connectivity index (χ2n) is 4.78. The van der Waals surface area contributed by atoms with Crippen LogP contribution in [0.4, 0.5) is 5.95 Å². The molecule has 3 unspecified atom stereocenters. The van der Waals surface area contributed by atoms with Gasteiger partial charge in [0.1, 0.15) is 6.23 Å². The van der Waals surface area contributed by atoms with E-state index in [1.165, 1.54) is 17.7 Å². The van der Waals surface area contributed by atoms with Gasteiger partial charge in [-0.15, -0.1) is 0 Å². The van der Waals surface area contributed by atoms with Crippen LogP contribution in [0.3, 0.4) is 0 Å². The summed E-state index contributed by atoms with van der Waals surface area (Å²) in [4.78, 5) is 31.8. The maximum absolute atomic E-state index is 11.8. The van der Waals surface area contributed by atoms with Crippen molar-refractivity contribution in [3.8, 4) is 0 Å². The summed E-state index contributed by atoms with van der Waals surface area (Å²) < 4.78 is 12.9. The molecule has 1 aliphatic rings. The number of rotatable bonds is 5. The third kappa shape index (κ3) is 3.11. The van der Waals surface area contributed by atoms with Crippen LogP contribution in [0.25, 0.3) is 11.2 Å². The van der Waals surface area contributed by atoms with E-state index in [1.54, 1.807) is 10.8 Å². The molecule has 1 saturated heterocycles. The molecule has 3 rings (SSSR count). The molecule has 22 heavy (non-hydrogen) atoms. The minimum absolute atomic E-state index is 0.0445. The van der Waals surface area contributed by atoms with Crippen molar-refractivity contribution in [3.05, 3.63) is 16.7 Å². The minimum atomic E-state index is -1.45. The summed E-state index contributed by atoms with van der Waals surface area (Å²) in [7, 11) is -1.45. The zero-order valence-electron chi connectivity index (χ0n) is 11.8. The summed E-state index contributed by atoms with van der Waals surface area (Å²) in [5, 5.41) is 0. The molecular weight excluding hydrogens is 329 g/mol. The van der Waals surface area contributed by atoms with Gasteiger partial charge in [0.05, 0.1) is 19.0 Å². The summed E-state index contributed by atoms with van der Waals surface area (Å²) in [5.74, 6) is 0.0445. The topological polar surface area (TPSA) is 128 Å². The van der Waals surface area contributed by atoms with Gasteiger partial charge in [-0.05, 0) is 19.1 Å². The number of aromatic nitrogens is 4. The SMILES string of the molecule is CSP(O)OCC1CCC(n2cnc3c(=O)[nH]c(N)nc32)O1. The average molecular weight is 345 g/mol. The molecule has 0 radical (unpaired) electrons. The Hall–Kier alpha value is -1.19. The number of hydrogen-bond donors (Lipinski definition) is 3. The van der Waals surface area contributed by atoms with Gasteiger partial charge in [0, 0.05) is 0 Å². The van der Waals surface area contributed by atoms with E-state index in [0.29, 0.717) is 12.3 Å². The number of imidazole rings is 1. The number of nitrogens with zero attached hydrogens (tertiary/aromatic N) is 3. The quantitative estimate of drug-likeness (QED) is 0.684. The highest BCUT2D eigenvalue weighted by atomic mass is 32.7. The third-order valence-corrected chi connectivity index (χ3v) is 5.31. The number of nitrogens with two attached hydrogens (primary N) is 1. The van der Waals surface area contributed by atoms with Crippen LogP contribution in [0.2, 0.25) is 0 Å². The molecule has 0 bridgehead atoms. The number of nitrogens with one attached hydrogen (secondary N) is 1. The van der Waals surface area contributed by atoms with E-state index in [9.17, 15) is 9.69 Å². The zero-order valence-corrected chi connectivity index (χ0v) is 13.5. The normalized spacial score (nSPS) is 23.2. The lowest BCUT2D eigenvalue weighted by Crippen LogP contribution is -2.16. The zero-order chi connectivity index (χ0) is 15.7. The molecule has 0 amide bonds. The number of fused-ring (bicyclic) bond motifs is 1. The number of H-pyrrole nitrogens is 1. The Labute approximate surface area is 130 Å². The Morgan fingerprint density at radius 1 is 1.68 bits per heavy atom. The molecule has 4 N–H and O–H groups in total. The number of anilines is 1. The van der Waals surface area contributed by atoms with Gasteiger partial charge in [0.15, 0.2) is 11.2 Å². The second kappa shape index (κ2) is 6.51. The Kier molecular flexibility index (Phi) is 4.65. The molecule has 3 atom stereocenters. The first-order valence-corrected chi connectivity index (χ1v) is 9.66. The van der Waals surface area contributed by atoms with E-state index in [1.807, 2.05) is 0 Å². The lowest BCUT2D eigenvalue weighted by atomic mass is 10.2. The highest BCUT2D eigenvalue weighted by Crippen LogP contribution is 2.45. The van der Waals surface area contributed by atoms with Crippen molar-refractivity contribution in [1.82, 2.24) is 19.5 Å². The largest absolute Gasteiger partial charge is 0.369 e. The first-order chi connectivity index (χ1) is 10.6. The molecule has 2 aromatic heterocycles. The minimum Gasteiger partial charge on any atom is -0.369 e. The van der Waals surface area contributed by atoms with Gasteiger partial charge < -0.3 is 19.9 Å². The van der Waals surface area contributed by atoms with E-state index >= 15 is 0 Å². The molecule has 11 heteroatoms. The van der Waals surface area contributed by atoms with Crippen molar-refractivity contribution in [2.45, 2.75) is 25.2 Å². The van der Waals surface area contributed by atoms with Crippen molar-refractivity contribution in [2.75, 3.05) is 18.6 Å². The van der Waals surface area contributed by atoms with Gasteiger partial charge in [-0.25, -0.2) is 4.98 Å². The van der Waals surface area contributed by atoms with E-state index in [0.717, 1.165) is 12.8 Å². The first kappa shape index (κ1) is 15.7. The molecule has 1 aliphatic heterocycles. The van der Waals surface area contributed by atoms with Crippen LogP contribution in [0.5, 0.6) is 0 Å². The number of nitrogen functional groups attached to an aromatic ring is 1. The molecule has 120 valence electrons. The van der Waals surface area contributed by atoms with E-state index in [-0.39, 0.29) is 29.4 Å². The van der Waals surface area contributed by atoms with Crippen LogP contribution in [0.15, 0.2) is 11.1 Å². The van der Waals surface area contributed by atoms with Crippen molar-refractivity contribution in [3.63, 3.8) is 0 Å². The number of hydrogen-bond acceptors (Lipinski definition) is 8. The summed E-state index contributed by atoms with van der Waals surface area (Å²) in [6.07, 6.45) is 4.48. The lowest BCUT2D eigenvalue weighted by molar-refractivity contribution is -0.0150. The number of ether oxygens (including phenoxy) is 1. The van der Waals surface area contributed by atoms with Gasteiger partial charge in [-0.3, -0.25) is 14.3 Å². The van der Waals surface area contributed by atoms with Crippen LogP contribution in [0.1, 0.15) is 19.1 Å². The maximum atomic E-state index is 11.8. The highest BCUT2D eigenvalue weighted by Gasteiger charge is 2.29. The fourth-order valence-electron chi connectivity index (χ4n) is 2.37. The van der Waals surface area contributed by atoms with Gasteiger partial charge >= 0.3 is 0 Å². The van der Waals surface area contributed by atoms with Gasteiger partial charge in [-0.1, -0.05) is 11.4 Å². The molecular formula is C11H16N5O4PS. The molecule has 0 spiro atoms. The van der Waals surface area contributed by atoms with Gasteiger partial charge in [-0.2, -0.15) is 4.98 Å². The van der Waals surface area contributed by atoms with Crippen LogP contribution in [0, 0.1) is 0 Å². The summed E-state index contributed by atoms with van der Waals surface area (Å²) in [6.45, 7) is 0.336. The lowest BCUT2D eigenvalue weighted by Gasteiger charge is -2.16. The molecule has 0 aromatic carbocycles. The van der Waals surface area contributed by atoms with Crippen molar-refractivity contribution >= 4 is 36.1 Å². The predicted octanol–water partition coefficient (Wildman–Crippen LogP) is 0.978. The Balaban J connectivity index is 1.75. The Morgan fingerprint density at radius 3 is 3.27 bits per heavy atom. The molecule has 2 aromatic rings. The van der Waals surface area contributed by atoms with Crippen LogP contribution in [-0.4, -0.2) is 43.4 Å². The third-order valence-electron chi connectivity index (χ3n) is 3.37. The molecule has 9 nitrogen and oxygen atoms in total. The van der Waals surface area contributed by atoms with Crippen molar-refractivity contribution in [2.24, 2.45) is 0 Å². The van der Waals surface area contributed by atoms with Gasteiger partial charge in [0.25, 0.3) is 5.56 Å². The monoisotopic (exact) mass is 345 g/mol. The van der Waals surface area contributed by atoms with Crippen LogP contribution < -0.4 is 11.3 Å². The van der Waals surface area contributed by atoms with Crippen molar-refractivity contribution < 1.29 is 14.2 Å². The first-order valence-electron chi connectivity index (χ1n) is 6.62. The molecule has 0 saturated carbocycles. The molecule has 1 fully saturated rings. The standard InChI is InChI=1S/C11H16N5O4PS/c1-22-21(18)19-4-6-2-3-7(20-6)16-5-13-8-9(16)14-11(12)15-10(8)17/h5-7,18H,2-4H2,1H3,(H3,12,14,15,17). The van der Waals surface area contributed by atoms with E-state index in [2.05, 4.69) is 15.0 Å². The Bertz CT molecular complexity index is 722. The summed E-state index contributed by atoms with van der Waals surface area (Å²) in [5.41, 5.74) is 5.85. The fraction of sp³-hybridized carbons (Fsp3) is 0.545.